The largest absolute Gasteiger partial charge is 0.241 e. The molecule has 0 aromatic heterocycles. The van der Waals surface area contributed by atoms with Crippen LogP contribution in [0.1, 0.15) is 46.0 Å². The van der Waals surface area contributed by atoms with Crippen LogP contribution in [0.15, 0.2) is 0 Å². The average molecular weight is 164 g/mol. The van der Waals surface area contributed by atoms with Crippen molar-refractivity contribution in [2.75, 3.05) is 0 Å². The van der Waals surface area contributed by atoms with Crippen molar-refractivity contribution in [3.05, 3.63) is 0 Å². The third-order valence-electron chi connectivity index (χ3n) is 1.94. The molecule has 1 unspecified atom stereocenters. The summed E-state index contributed by atoms with van der Waals surface area (Å²) in [4.78, 5) is 0. The Balaban J connectivity index is 3.51. The number of hydrogen-bond acceptors (Lipinski definition) is 0. The summed E-state index contributed by atoms with van der Waals surface area (Å²) in [6.07, 6.45) is 2.10. The molecule has 0 aliphatic heterocycles. The summed E-state index contributed by atoms with van der Waals surface area (Å²) >= 11 is 0. The van der Waals surface area contributed by atoms with Crippen LogP contribution in [0.5, 0.6) is 0 Å². The molecule has 0 aromatic carbocycles. The highest BCUT2D eigenvalue weighted by Crippen LogP contribution is 2.21. The summed E-state index contributed by atoms with van der Waals surface area (Å²) in [5.74, 6) is -0.347. The van der Waals surface area contributed by atoms with Gasteiger partial charge in [0.25, 0.3) is 0 Å². The van der Waals surface area contributed by atoms with Crippen molar-refractivity contribution in [2.45, 2.75) is 52.4 Å². The molecule has 0 heterocycles. The first kappa shape index (κ1) is 10.9. The van der Waals surface area contributed by atoms with Gasteiger partial charge in [-0.15, -0.1) is 0 Å². The lowest BCUT2D eigenvalue weighted by molar-refractivity contribution is 0.0659. The SMILES string of the molecule is CCCCC(CCC)C(F)F. The predicted octanol–water partition coefficient (Wildman–Crippen LogP) is 3.86. The Labute approximate surface area is 68.0 Å². The molecule has 0 aliphatic carbocycles. The van der Waals surface area contributed by atoms with E-state index in [2.05, 4.69) is 0 Å². The fourth-order valence-electron chi connectivity index (χ4n) is 1.23. The van der Waals surface area contributed by atoms with Gasteiger partial charge in [-0.2, -0.15) is 0 Å². The zero-order chi connectivity index (χ0) is 8.69. The number of hydrogen-bond donors (Lipinski definition) is 0. The zero-order valence-electron chi connectivity index (χ0n) is 7.45. The quantitative estimate of drug-likeness (QED) is 0.559. The second-order valence-electron chi connectivity index (χ2n) is 3.03. The molecule has 0 N–H and O–H groups in total. The Bertz CT molecular complexity index is 81.6. The summed E-state index contributed by atoms with van der Waals surface area (Å²) in [6.45, 7) is 4.00. The van der Waals surface area contributed by atoms with Gasteiger partial charge in [-0.3, -0.25) is 0 Å². The van der Waals surface area contributed by atoms with Crippen molar-refractivity contribution >= 4 is 0 Å². The smallest absolute Gasteiger partial charge is 0.210 e. The van der Waals surface area contributed by atoms with Gasteiger partial charge < -0.3 is 0 Å². The second kappa shape index (κ2) is 6.56. The van der Waals surface area contributed by atoms with Gasteiger partial charge in [0, 0.05) is 5.92 Å². The van der Waals surface area contributed by atoms with Crippen LogP contribution in [-0.2, 0) is 0 Å². The highest BCUT2D eigenvalue weighted by Gasteiger charge is 2.17. The lowest BCUT2D eigenvalue weighted by Crippen LogP contribution is -2.10. The van der Waals surface area contributed by atoms with Crippen LogP contribution in [0.4, 0.5) is 8.78 Å². The van der Waals surface area contributed by atoms with E-state index in [9.17, 15) is 8.78 Å². The minimum atomic E-state index is -2.11. The molecule has 68 valence electrons. The van der Waals surface area contributed by atoms with E-state index in [4.69, 9.17) is 0 Å². The van der Waals surface area contributed by atoms with Gasteiger partial charge in [0.2, 0.25) is 6.43 Å². The van der Waals surface area contributed by atoms with Gasteiger partial charge in [0.1, 0.15) is 0 Å². The van der Waals surface area contributed by atoms with E-state index in [1.54, 1.807) is 0 Å². The molecule has 0 bridgehead atoms. The lowest BCUT2D eigenvalue weighted by Gasteiger charge is -2.13. The molecule has 0 aliphatic rings. The van der Waals surface area contributed by atoms with Crippen LogP contribution >= 0.6 is 0 Å². The van der Waals surface area contributed by atoms with Crippen LogP contribution in [0, 0.1) is 5.92 Å². The molecule has 0 nitrogen and oxygen atoms in total. The number of alkyl halides is 2. The highest BCUT2D eigenvalue weighted by atomic mass is 19.3. The third-order valence-corrected chi connectivity index (χ3v) is 1.94. The van der Waals surface area contributed by atoms with Crippen LogP contribution in [0.3, 0.4) is 0 Å². The fraction of sp³-hybridized carbons (Fsp3) is 1.00. The number of rotatable bonds is 6. The van der Waals surface area contributed by atoms with Crippen molar-refractivity contribution < 1.29 is 8.78 Å². The minimum Gasteiger partial charge on any atom is -0.210 e. The maximum Gasteiger partial charge on any atom is 0.241 e. The van der Waals surface area contributed by atoms with Gasteiger partial charge >= 0.3 is 0 Å². The first-order valence-corrected chi connectivity index (χ1v) is 4.50. The Morgan fingerprint density at radius 1 is 1.00 bits per heavy atom. The predicted molar refractivity (Wildman–Crippen MR) is 43.9 cm³/mol. The molecular formula is C9H18F2. The van der Waals surface area contributed by atoms with E-state index in [1.807, 2.05) is 13.8 Å². The van der Waals surface area contributed by atoms with E-state index in [-0.39, 0.29) is 5.92 Å². The molecule has 1 atom stereocenters. The maximum atomic E-state index is 12.2. The van der Waals surface area contributed by atoms with Crippen LogP contribution < -0.4 is 0 Å². The number of unbranched alkanes of at least 4 members (excludes halogenated alkanes) is 1. The molecule has 2 heteroatoms. The topological polar surface area (TPSA) is 0 Å². The van der Waals surface area contributed by atoms with E-state index >= 15 is 0 Å². The van der Waals surface area contributed by atoms with Gasteiger partial charge in [0.15, 0.2) is 0 Å². The Hall–Kier alpha value is -0.140. The molecule has 0 amide bonds. The normalized spacial score (nSPS) is 13.9. The zero-order valence-corrected chi connectivity index (χ0v) is 7.45. The van der Waals surface area contributed by atoms with Gasteiger partial charge in [0.05, 0.1) is 0 Å². The van der Waals surface area contributed by atoms with Crippen molar-refractivity contribution in [3.8, 4) is 0 Å². The molecule has 0 rings (SSSR count). The third kappa shape index (κ3) is 5.16. The Morgan fingerprint density at radius 3 is 2.00 bits per heavy atom. The van der Waals surface area contributed by atoms with Crippen molar-refractivity contribution in [2.24, 2.45) is 5.92 Å². The molecule has 0 saturated heterocycles. The van der Waals surface area contributed by atoms with E-state index < -0.39 is 6.43 Å². The monoisotopic (exact) mass is 164 g/mol. The van der Waals surface area contributed by atoms with E-state index in [1.165, 1.54) is 0 Å². The first-order chi connectivity index (χ1) is 5.22. The molecule has 0 fully saturated rings. The maximum absolute atomic E-state index is 12.2. The summed E-state index contributed by atoms with van der Waals surface area (Å²) < 4.78 is 24.4. The van der Waals surface area contributed by atoms with Gasteiger partial charge in [-0.1, -0.05) is 33.1 Å². The highest BCUT2D eigenvalue weighted by molar-refractivity contribution is 4.60. The van der Waals surface area contributed by atoms with Gasteiger partial charge in [-0.05, 0) is 12.8 Å². The van der Waals surface area contributed by atoms with E-state index in [0.717, 1.165) is 19.3 Å². The molecule has 0 radical (unpaired) electrons. The summed E-state index contributed by atoms with van der Waals surface area (Å²) in [5, 5.41) is 0. The summed E-state index contributed by atoms with van der Waals surface area (Å²) in [6, 6.07) is 0. The fourth-order valence-corrected chi connectivity index (χ4v) is 1.23. The lowest BCUT2D eigenvalue weighted by atomic mass is 9.98. The number of halogens is 2. The minimum absolute atomic E-state index is 0.347. The average Bonchev–Trinajstić information content (AvgIpc) is 1.97. The van der Waals surface area contributed by atoms with Gasteiger partial charge in [-0.25, -0.2) is 8.78 Å². The first-order valence-electron chi connectivity index (χ1n) is 4.50. The summed E-state index contributed by atoms with van der Waals surface area (Å²) in [7, 11) is 0. The second-order valence-corrected chi connectivity index (χ2v) is 3.03. The Kier molecular flexibility index (Phi) is 6.48. The van der Waals surface area contributed by atoms with Crippen LogP contribution in [0.2, 0.25) is 0 Å². The molecular weight excluding hydrogens is 146 g/mol. The molecule has 0 saturated carbocycles. The molecule has 0 aromatic rings. The van der Waals surface area contributed by atoms with Crippen LogP contribution in [0.25, 0.3) is 0 Å². The standard InChI is InChI=1S/C9H18F2/c1-3-5-7-8(6-4-2)9(10)11/h8-9H,3-7H2,1-2H3. The summed E-state index contributed by atoms with van der Waals surface area (Å²) in [5.41, 5.74) is 0. The molecule has 0 spiro atoms. The van der Waals surface area contributed by atoms with Crippen LogP contribution in [-0.4, -0.2) is 6.43 Å². The van der Waals surface area contributed by atoms with E-state index in [0.29, 0.717) is 12.8 Å². The molecule has 11 heavy (non-hydrogen) atoms. The Morgan fingerprint density at radius 2 is 1.64 bits per heavy atom. The van der Waals surface area contributed by atoms with Crippen molar-refractivity contribution in [1.82, 2.24) is 0 Å². The van der Waals surface area contributed by atoms with Crippen molar-refractivity contribution in [1.29, 1.82) is 0 Å². The van der Waals surface area contributed by atoms with Crippen molar-refractivity contribution in [3.63, 3.8) is 0 Å².